The molecule has 0 aliphatic rings. The average Bonchev–Trinajstić information content (AvgIpc) is 3.19. The number of ether oxygens (including phenoxy) is 1. The number of tetrazole rings is 1. The normalized spacial score (nSPS) is 11.3. The van der Waals surface area contributed by atoms with Gasteiger partial charge in [0, 0.05) is 6.20 Å². The van der Waals surface area contributed by atoms with E-state index in [0.29, 0.717) is 22.5 Å². The largest absolute Gasteiger partial charge is 0.494 e. The number of aromatic amines is 1. The highest BCUT2D eigenvalue weighted by molar-refractivity contribution is 5.92. The van der Waals surface area contributed by atoms with Crippen LogP contribution in [0.3, 0.4) is 0 Å². The number of nitriles is 1. The van der Waals surface area contributed by atoms with Gasteiger partial charge in [0.25, 0.3) is 0 Å². The highest BCUT2D eigenvalue weighted by Crippen LogP contribution is 2.28. The minimum atomic E-state index is 0.188. The molecule has 21 heavy (non-hydrogen) atoms. The molecule has 3 aromatic rings. The van der Waals surface area contributed by atoms with Crippen LogP contribution in [0.5, 0.6) is 5.75 Å². The summed E-state index contributed by atoms with van der Waals surface area (Å²) in [6.45, 7) is 0. The van der Waals surface area contributed by atoms with Gasteiger partial charge in [0.15, 0.2) is 16.8 Å². The predicted octanol–water partition coefficient (Wildman–Crippen LogP) is 0.721. The molecule has 10 nitrogen and oxygen atoms in total. The maximum Gasteiger partial charge on any atom is 0.216 e. The Kier molecular flexibility index (Phi) is 3.14. The van der Waals surface area contributed by atoms with Crippen LogP contribution in [0.2, 0.25) is 0 Å². The summed E-state index contributed by atoms with van der Waals surface area (Å²) in [5.74, 6) is 0.729. The number of benzene rings is 1. The van der Waals surface area contributed by atoms with Crippen LogP contribution in [-0.4, -0.2) is 38.0 Å². The number of nitrogens with zero attached hydrogens (tertiary/aromatic N) is 6. The van der Waals surface area contributed by atoms with E-state index in [9.17, 15) is 0 Å². The zero-order chi connectivity index (χ0) is 14.7. The van der Waals surface area contributed by atoms with E-state index in [1.807, 2.05) is 6.07 Å². The van der Waals surface area contributed by atoms with Gasteiger partial charge in [0.05, 0.1) is 12.8 Å². The molecule has 0 atom stereocenters. The molecule has 2 N–H and O–H groups in total. The molecule has 0 saturated carbocycles. The molecule has 0 amide bonds. The number of hydrogen-bond acceptors (Lipinski definition) is 9. The zero-order valence-electron chi connectivity index (χ0n) is 10.7. The number of allylic oxidation sites excluding steroid dienone is 1. The number of methoxy groups -OCH3 is 1. The molecule has 0 saturated heterocycles. The molecule has 0 aliphatic carbocycles. The van der Waals surface area contributed by atoms with Crippen LogP contribution in [0.25, 0.3) is 16.6 Å². The average molecular weight is 284 g/mol. The maximum atomic E-state index is 9.08. The number of aromatic nitrogens is 6. The Balaban J connectivity index is 1.96. The molecule has 0 fully saturated rings. The molecule has 104 valence electrons. The topological polar surface area (TPSA) is 138 Å². The standard InChI is InChI=1S/C11H8N8O2/c1-20-8-3-2-7(9-10(8)17-21-16-9)13-5-6(4-12)11-14-18-19-15-11/h2-3,5,13H,1H3,(H,14,15,18,19). The summed E-state index contributed by atoms with van der Waals surface area (Å²) in [7, 11) is 1.53. The van der Waals surface area contributed by atoms with E-state index in [-0.39, 0.29) is 11.4 Å². The number of H-pyrrole nitrogens is 1. The van der Waals surface area contributed by atoms with Gasteiger partial charge in [0.2, 0.25) is 5.82 Å². The van der Waals surface area contributed by atoms with Gasteiger partial charge < -0.3 is 10.1 Å². The van der Waals surface area contributed by atoms with Crippen molar-refractivity contribution in [1.29, 1.82) is 5.26 Å². The van der Waals surface area contributed by atoms with Gasteiger partial charge in [-0.15, -0.1) is 10.2 Å². The van der Waals surface area contributed by atoms with Gasteiger partial charge in [-0.25, -0.2) is 4.63 Å². The Morgan fingerprint density at radius 3 is 3.00 bits per heavy atom. The molecule has 0 unspecified atom stereocenters. The van der Waals surface area contributed by atoms with Crippen LogP contribution in [0, 0.1) is 11.3 Å². The van der Waals surface area contributed by atoms with Crippen molar-refractivity contribution in [2.24, 2.45) is 0 Å². The first-order valence-electron chi connectivity index (χ1n) is 5.73. The Hall–Kier alpha value is -3.48. The van der Waals surface area contributed by atoms with Crippen LogP contribution in [0.1, 0.15) is 5.82 Å². The van der Waals surface area contributed by atoms with E-state index < -0.39 is 0 Å². The van der Waals surface area contributed by atoms with Gasteiger partial charge in [0.1, 0.15) is 11.6 Å². The number of anilines is 1. The molecule has 2 aromatic heterocycles. The lowest BCUT2D eigenvalue weighted by Crippen LogP contribution is -1.95. The van der Waals surface area contributed by atoms with Crippen LogP contribution >= 0.6 is 0 Å². The number of rotatable bonds is 4. The lowest BCUT2D eigenvalue weighted by atomic mass is 10.2. The number of fused-ring (bicyclic) bond motifs is 1. The highest BCUT2D eigenvalue weighted by Gasteiger charge is 2.12. The Bertz CT molecular complexity index is 830. The second kappa shape index (κ2) is 5.25. The third kappa shape index (κ3) is 2.23. The molecule has 0 radical (unpaired) electrons. The minimum absolute atomic E-state index is 0.188. The van der Waals surface area contributed by atoms with Crippen LogP contribution in [0.4, 0.5) is 5.69 Å². The summed E-state index contributed by atoms with van der Waals surface area (Å²) in [5.41, 5.74) is 1.78. The summed E-state index contributed by atoms with van der Waals surface area (Å²) in [6.07, 6.45) is 1.45. The molecular formula is C11H8N8O2. The lowest BCUT2D eigenvalue weighted by molar-refractivity contribution is 0.314. The first-order valence-corrected chi connectivity index (χ1v) is 5.73. The minimum Gasteiger partial charge on any atom is -0.494 e. The van der Waals surface area contributed by atoms with Crippen LogP contribution in [-0.2, 0) is 0 Å². The lowest BCUT2D eigenvalue weighted by Gasteiger charge is -2.04. The van der Waals surface area contributed by atoms with Gasteiger partial charge in [-0.2, -0.15) is 10.5 Å². The van der Waals surface area contributed by atoms with Crippen molar-refractivity contribution in [3.63, 3.8) is 0 Å². The quantitative estimate of drug-likeness (QED) is 0.663. The maximum absolute atomic E-state index is 9.08. The summed E-state index contributed by atoms with van der Waals surface area (Å²) in [6, 6.07) is 5.41. The predicted molar refractivity (Wildman–Crippen MR) is 69.7 cm³/mol. The van der Waals surface area contributed by atoms with E-state index in [4.69, 9.17) is 14.6 Å². The van der Waals surface area contributed by atoms with Gasteiger partial charge in [-0.1, -0.05) is 0 Å². The monoisotopic (exact) mass is 284 g/mol. The van der Waals surface area contributed by atoms with Crippen molar-refractivity contribution in [3.8, 4) is 11.8 Å². The number of nitrogens with one attached hydrogen (secondary N) is 2. The van der Waals surface area contributed by atoms with Gasteiger partial charge >= 0.3 is 0 Å². The fourth-order valence-electron chi connectivity index (χ4n) is 1.70. The molecule has 2 heterocycles. The molecule has 0 bridgehead atoms. The highest BCUT2D eigenvalue weighted by atomic mass is 16.6. The van der Waals surface area contributed by atoms with E-state index in [1.165, 1.54) is 13.3 Å². The smallest absolute Gasteiger partial charge is 0.216 e. The molecule has 0 aliphatic heterocycles. The summed E-state index contributed by atoms with van der Waals surface area (Å²) in [5, 5.41) is 32.7. The summed E-state index contributed by atoms with van der Waals surface area (Å²) in [4.78, 5) is 0. The van der Waals surface area contributed by atoms with Gasteiger partial charge in [-0.05, 0) is 27.7 Å². The molecule has 3 rings (SSSR count). The second-order valence-corrected chi connectivity index (χ2v) is 3.83. The molecular weight excluding hydrogens is 276 g/mol. The van der Waals surface area contributed by atoms with Crippen molar-refractivity contribution < 1.29 is 9.37 Å². The summed E-state index contributed by atoms with van der Waals surface area (Å²) >= 11 is 0. The molecule has 10 heteroatoms. The number of hydrogen-bond donors (Lipinski definition) is 2. The molecule has 1 aromatic carbocycles. The SMILES string of the molecule is COc1ccc(NC=C(C#N)c2nn[nH]n2)c2nonc12. The summed E-state index contributed by atoms with van der Waals surface area (Å²) < 4.78 is 9.86. The molecule has 0 spiro atoms. The Morgan fingerprint density at radius 1 is 1.43 bits per heavy atom. The first-order chi connectivity index (χ1) is 10.3. The van der Waals surface area contributed by atoms with Crippen molar-refractivity contribution in [2.75, 3.05) is 12.4 Å². The van der Waals surface area contributed by atoms with E-state index in [0.717, 1.165) is 0 Å². The second-order valence-electron chi connectivity index (χ2n) is 3.83. The van der Waals surface area contributed by atoms with Gasteiger partial charge in [-0.3, -0.25) is 0 Å². The fourth-order valence-corrected chi connectivity index (χ4v) is 1.70. The van der Waals surface area contributed by atoms with Crippen molar-refractivity contribution in [1.82, 2.24) is 30.9 Å². The van der Waals surface area contributed by atoms with Crippen LogP contribution < -0.4 is 10.1 Å². The third-order valence-corrected chi connectivity index (χ3v) is 2.68. The van der Waals surface area contributed by atoms with E-state index in [2.05, 4.69) is 36.3 Å². The Morgan fingerprint density at radius 2 is 2.29 bits per heavy atom. The zero-order valence-corrected chi connectivity index (χ0v) is 10.7. The van der Waals surface area contributed by atoms with Crippen LogP contribution in [0.15, 0.2) is 23.0 Å². The first kappa shape index (κ1) is 12.5. The third-order valence-electron chi connectivity index (χ3n) is 2.68. The van der Waals surface area contributed by atoms with E-state index >= 15 is 0 Å². The van der Waals surface area contributed by atoms with E-state index in [1.54, 1.807) is 12.1 Å². The fraction of sp³-hybridized carbons (Fsp3) is 0.0909. The van der Waals surface area contributed by atoms with Crippen molar-refractivity contribution in [2.45, 2.75) is 0 Å². The van der Waals surface area contributed by atoms with Crippen molar-refractivity contribution >= 4 is 22.3 Å². The Labute approximate surface area is 117 Å². The van der Waals surface area contributed by atoms with Crippen molar-refractivity contribution in [3.05, 3.63) is 24.2 Å².